The number of carboxylic acid groups (broad SMARTS) is 2. The molecule has 0 amide bonds. The Kier molecular flexibility index (Phi) is 38.8. The summed E-state index contributed by atoms with van der Waals surface area (Å²) in [6.07, 6.45) is 6.99. The molecule has 34 heteroatoms. The molecule has 4 saturated heterocycles. The van der Waals surface area contributed by atoms with Crippen LogP contribution in [0.25, 0.3) is 44.8 Å². The van der Waals surface area contributed by atoms with E-state index in [0.29, 0.717) is 69.4 Å². The van der Waals surface area contributed by atoms with Crippen LogP contribution in [0.5, 0.6) is 0 Å². The van der Waals surface area contributed by atoms with Crippen molar-refractivity contribution in [3.8, 4) is 44.8 Å². The zero-order valence-electron chi connectivity index (χ0n) is 86.4. The Labute approximate surface area is 886 Å². The Balaban J connectivity index is 0.000000164. The van der Waals surface area contributed by atoms with Gasteiger partial charge in [0.2, 0.25) is 20.0 Å². The fourth-order valence-electron chi connectivity index (χ4n) is 19.6. The van der Waals surface area contributed by atoms with Crippen molar-refractivity contribution in [1.29, 1.82) is 0 Å². The Hall–Kier alpha value is -10.7. The van der Waals surface area contributed by atoms with Crippen molar-refractivity contribution in [2.24, 2.45) is 11.3 Å². The van der Waals surface area contributed by atoms with Crippen LogP contribution in [0.3, 0.4) is 0 Å². The lowest BCUT2D eigenvalue weighted by Gasteiger charge is -2.37. The number of aromatic nitrogens is 2. The summed E-state index contributed by atoms with van der Waals surface area (Å²) in [6.45, 7) is 32.7. The van der Waals surface area contributed by atoms with Crippen molar-refractivity contribution < 1.29 is 62.3 Å². The number of rotatable bonds is 34. The summed E-state index contributed by atoms with van der Waals surface area (Å²) in [4.78, 5) is 39.8. The van der Waals surface area contributed by atoms with E-state index >= 15 is 8.78 Å². The molecule has 0 radical (unpaired) electrons. The highest BCUT2D eigenvalue weighted by Gasteiger charge is 2.39. The Bertz CT molecular complexity index is 6780. The van der Waals surface area contributed by atoms with Gasteiger partial charge in [0.05, 0.1) is 42.3 Å². The number of anilines is 6. The molecule has 0 unspecified atom stereocenters. The highest BCUT2D eigenvalue weighted by atomic mass is 35.5. The molecule has 0 bridgehead atoms. The van der Waals surface area contributed by atoms with Crippen molar-refractivity contribution in [3.05, 3.63) is 286 Å². The number of hydrogen-bond donors (Lipinski definition) is 6. The van der Waals surface area contributed by atoms with Gasteiger partial charge in [-0.2, -0.15) is 0 Å². The molecule has 0 spiro atoms. The van der Waals surface area contributed by atoms with Gasteiger partial charge in [-0.25, -0.2) is 51.9 Å². The van der Waals surface area contributed by atoms with E-state index in [4.69, 9.17) is 23.2 Å². The summed E-state index contributed by atoms with van der Waals surface area (Å²) in [6, 6.07) is 72.6. The lowest BCUT2D eigenvalue weighted by Crippen LogP contribution is -2.46. The SMILES string of the molecule is CNS(=O)(=O)c1ccc(N[C@H](CCN2CCC(C(=O)O)CC2)CSc2ccccc2)c(C)c1.CNS(=O)(=O)c1ccc(N[C@H](CCN2CCC(C)(C(=O)O)CC2)CSc2ccccc2)c(C)c1.Cc1ccc(N2CCN(c3cc(F)cc(-c4c(S(C)(=O)=O)c(C)n(C(C)C)c4-c4ccc(Cl)cc4)c3)CC2)cc1.Cc1ccc(N2CCN(c3cc(F)cc(-c4c(S(C)(=O)=O)c(C)n(C(C)C)c4-c4ccc(Cl)cc4)c3)CC2)cc1. The minimum Gasteiger partial charge on any atom is -0.481 e. The first-order valence-electron chi connectivity index (χ1n) is 49.8. The molecule has 10 aromatic carbocycles. The van der Waals surface area contributed by atoms with Gasteiger partial charge >= 0.3 is 11.9 Å². The molecule has 16 rings (SSSR count). The molecule has 4 fully saturated rings. The molecule has 6 heterocycles. The molecule has 12 aromatic rings. The number of likely N-dealkylation sites (tertiary alicyclic amines) is 2. The highest BCUT2D eigenvalue weighted by molar-refractivity contribution is 7.99. The van der Waals surface area contributed by atoms with E-state index in [1.54, 1.807) is 84.2 Å². The zero-order valence-corrected chi connectivity index (χ0v) is 92.8. The number of thioether (sulfide) groups is 2. The average Bonchev–Trinajstić information content (AvgIpc) is 1.58. The Morgan fingerprint density at radius 2 is 0.769 bits per heavy atom. The maximum atomic E-state index is 15.3. The monoisotopic (exact) mass is 2150 g/mol. The van der Waals surface area contributed by atoms with Crippen LogP contribution in [0.4, 0.5) is 42.9 Å². The molecule has 4 aliphatic rings. The number of carboxylic acids is 2. The minimum absolute atomic E-state index is 0.0252. The molecular weight excluding hydrogens is 2020 g/mol. The molecular formula is C113H138Cl2F2N12O12S6. The van der Waals surface area contributed by atoms with Gasteiger partial charge < -0.3 is 59.4 Å². The number of piperazine rings is 2. The average molecular weight is 2160 g/mol. The molecule has 0 saturated carbocycles. The normalized spacial score (nSPS) is 15.5. The van der Waals surface area contributed by atoms with Crippen LogP contribution in [0.1, 0.15) is 119 Å². The third-order valence-electron chi connectivity index (χ3n) is 27.9. The molecule has 786 valence electrons. The van der Waals surface area contributed by atoms with E-state index in [1.165, 1.54) is 71.0 Å². The summed E-state index contributed by atoms with van der Waals surface area (Å²) < 4.78 is 141. The number of sulfonamides is 2. The van der Waals surface area contributed by atoms with Crippen LogP contribution in [0.15, 0.2) is 260 Å². The molecule has 2 aromatic heterocycles. The first-order valence-corrected chi connectivity index (χ1v) is 59.3. The maximum absolute atomic E-state index is 15.3. The zero-order chi connectivity index (χ0) is 106. The minimum atomic E-state index is -3.64. The standard InChI is InChI=1S/2C32H35ClFN3O2S.C25H35N3O4S2.C24H33N3O4S2/c2*1-21(2)37-23(4)32(40(5,38)39)30(31(37)24-8-10-26(33)11-9-24)25-18-27(34)20-29(19-25)36-16-14-35(15-17-36)28-12-6-22(3)7-13-28;1-19-17-22(34(31,32)26-3)9-10-23(19)27-20(18-33-21-7-5-4-6-8-21)11-14-28-15-12-25(2,13-16-28)24(29)30;1-18-16-22(33(30,31)25-2)8-9-23(18)26-20(17-32-21-6-4-3-5-7-21)12-15-27-13-10-19(11-14-27)24(28)29/h2*6-13,18-21H,14-17H2,1-5H3;4-10,17,20,26-27H,11-16,18H2,1-3H3,(H,29,30);3-9,16,19-20,25-26H,10-15,17H2,1-2H3,(H,28,29)/t;;2*20-/m..11/s1. The van der Waals surface area contributed by atoms with Gasteiger partial charge in [-0.15, -0.1) is 23.5 Å². The number of benzene rings is 10. The van der Waals surface area contributed by atoms with Crippen molar-refractivity contribution >= 4 is 133 Å². The molecule has 24 nitrogen and oxygen atoms in total. The van der Waals surface area contributed by atoms with E-state index < -0.39 is 68.7 Å². The summed E-state index contributed by atoms with van der Waals surface area (Å²) >= 11 is 16.0. The van der Waals surface area contributed by atoms with Crippen molar-refractivity contribution in [2.75, 3.05) is 160 Å². The fraction of sp³-hybridized carbons (Fsp3) is 0.381. The summed E-state index contributed by atoms with van der Waals surface area (Å²) in [5.41, 5.74) is 15.8. The van der Waals surface area contributed by atoms with E-state index in [-0.39, 0.29) is 49.7 Å². The van der Waals surface area contributed by atoms with Crippen LogP contribution in [0.2, 0.25) is 10.0 Å². The second-order valence-corrected chi connectivity index (χ2v) is 50.1. The molecule has 6 N–H and O–H groups in total. The van der Waals surface area contributed by atoms with Crippen LogP contribution in [-0.2, 0) is 49.3 Å². The van der Waals surface area contributed by atoms with Gasteiger partial charge in [-0.05, 0) is 334 Å². The van der Waals surface area contributed by atoms with Gasteiger partial charge in [-0.3, -0.25) is 9.59 Å². The second-order valence-electron chi connectivity index (χ2n) is 39.3. The topological polar surface area (TPSA) is 289 Å². The van der Waals surface area contributed by atoms with Gasteiger partial charge in [0.1, 0.15) is 11.6 Å². The van der Waals surface area contributed by atoms with Crippen molar-refractivity contribution in [1.82, 2.24) is 28.4 Å². The van der Waals surface area contributed by atoms with Crippen LogP contribution >= 0.6 is 46.7 Å². The summed E-state index contributed by atoms with van der Waals surface area (Å²) in [7, 11) is -11.4. The number of aryl methyl sites for hydroxylation is 4. The smallest absolute Gasteiger partial charge is 0.309 e. The number of nitrogens with zero attached hydrogens (tertiary/aromatic N) is 8. The van der Waals surface area contributed by atoms with Gasteiger partial charge in [0.15, 0.2) is 19.7 Å². The van der Waals surface area contributed by atoms with E-state index in [9.17, 15) is 53.5 Å². The number of hydrogen-bond acceptors (Lipinski definition) is 20. The van der Waals surface area contributed by atoms with Gasteiger partial charge in [-0.1, -0.05) is 119 Å². The lowest BCUT2D eigenvalue weighted by molar-refractivity contribution is -0.150. The number of carbonyl (C=O) groups is 2. The molecule has 147 heavy (non-hydrogen) atoms. The van der Waals surface area contributed by atoms with E-state index in [1.807, 2.05) is 156 Å². The van der Waals surface area contributed by atoms with Crippen molar-refractivity contribution in [2.45, 2.75) is 168 Å². The quantitative estimate of drug-likeness (QED) is 0.0204. The Morgan fingerprint density at radius 1 is 0.429 bits per heavy atom. The number of nitrogens with one attached hydrogen (secondary N) is 4. The second kappa shape index (κ2) is 50.3. The number of aliphatic carboxylic acids is 2. The third-order valence-corrected chi connectivity index (χ3v) is 36.1. The van der Waals surface area contributed by atoms with Gasteiger partial charge in [0.25, 0.3) is 0 Å². The first-order chi connectivity index (χ1) is 69.8. The predicted octanol–water partition coefficient (Wildman–Crippen LogP) is 22.8. The van der Waals surface area contributed by atoms with E-state index in [0.717, 1.165) is 172 Å². The maximum Gasteiger partial charge on any atom is 0.309 e. The van der Waals surface area contributed by atoms with Crippen LogP contribution < -0.4 is 39.7 Å². The van der Waals surface area contributed by atoms with Gasteiger partial charge in [0, 0.05) is 190 Å². The largest absolute Gasteiger partial charge is 0.481 e. The number of piperidine rings is 2. The molecule has 2 atom stereocenters. The van der Waals surface area contributed by atoms with E-state index in [2.05, 4.69) is 136 Å². The number of halogens is 4. The molecule has 0 aliphatic carbocycles. The number of sulfone groups is 2. The summed E-state index contributed by atoms with van der Waals surface area (Å²) in [5, 5.41) is 27.1. The first kappa shape index (κ1) is 113. The predicted molar refractivity (Wildman–Crippen MR) is 600 cm³/mol. The lowest BCUT2D eigenvalue weighted by atomic mass is 9.80. The summed E-state index contributed by atoms with van der Waals surface area (Å²) in [5.74, 6) is -0.682. The van der Waals surface area contributed by atoms with Crippen LogP contribution in [-0.4, -0.2) is 217 Å². The Morgan fingerprint density at radius 3 is 1.08 bits per heavy atom. The van der Waals surface area contributed by atoms with Crippen molar-refractivity contribution in [3.63, 3.8) is 0 Å². The molecule has 4 aliphatic heterocycles. The highest BCUT2D eigenvalue weighted by Crippen LogP contribution is 2.48. The third kappa shape index (κ3) is 29.5. The fourth-order valence-corrected chi connectivity index (χ4v) is 25.9. The van der Waals surface area contributed by atoms with Crippen LogP contribution in [0, 0.1) is 64.5 Å².